The van der Waals surface area contributed by atoms with Gasteiger partial charge in [-0.1, -0.05) is 12.1 Å². The third-order valence-corrected chi connectivity index (χ3v) is 6.93. The zero-order valence-electron chi connectivity index (χ0n) is 18.5. The van der Waals surface area contributed by atoms with Crippen LogP contribution in [0.1, 0.15) is 32.3 Å². The van der Waals surface area contributed by atoms with Crippen molar-refractivity contribution >= 4 is 21.9 Å². The molecular formula is C22H28N4O5S. The SMILES string of the molecule is CC1CN(C(=O)OC2(C)CC2)CCN1c1ncc(OCc2ccc(S(C)(=O)=O)cc2)cn1. The van der Waals surface area contributed by atoms with Crippen LogP contribution in [-0.2, 0) is 21.2 Å². The molecule has 172 valence electrons. The highest BCUT2D eigenvalue weighted by atomic mass is 32.2. The van der Waals surface area contributed by atoms with Crippen molar-refractivity contribution in [2.45, 2.75) is 49.8 Å². The second-order valence-electron chi connectivity index (χ2n) is 8.73. The van der Waals surface area contributed by atoms with E-state index in [1.807, 2.05) is 13.8 Å². The number of piperazine rings is 1. The zero-order chi connectivity index (χ0) is 22.9. The third kappa shape index (κ3) is 5.29. The average molecular weight is 461 g/mol. The number of amides is 1. The predicted octanol–water partition coefficient (Wildman–Crippen LogP) is 2.66. The van der Waals surface area contributed by atoms with Gasteiger partial charge in [-0.05, 0) is 44.4 Å². The molecule has 1 aliphatic carbocycles. The van der Waals surface area contributed by atoms with Crippen LogP contribution in [0.2, 0.25) is 0 Å². The first-order valence-electron chi connectivity index (χ1n) is 10.6. The van der Waals surface area contributed by atoms with E-state index in [0.717, 1.165) is 18.4 Å². The molecule has 1 saturated carbocycles. The van der Waals surface area contributed by atoms with Crippen LogP contribution in [0, 0.1) is 0 Å². The minimum Gasteiger partial charge on any atom is -0.486 e. The van der Waals surface area contributed by atoms with Crippen molar-refractivity contribution in [3.05, 3.63) is 42.2 Å². The lowest BCUT2D eigenvalue weighted by Crippen LogP contribution is -2.54. The van der Waals surface area contributed by atoms with E-state index in [0.29, 0.717) is 31.3 Å². The van der Waals surface area contributed by atoms with Crippen LogP contribution >= 0.6 is 0 Å². The standard InChI is InChI=1S/C22H28N4O5S/c1-16-14-25(21(27)31-22(2)8-9-22)10-11-26(16)20-23-12-18(13-24-20)30-15-17-4-6-19(7-5-17)32(3,28)29/h4-7,12-13,16H,8-11,14-15H2,1-3H3. The first-order chi connectivity index (χ1) is 15.1. The van der Waals surface area contributed by atoms with Gasteiger partial charge in [0.2, 0.25) is 5.95 Å². The van der Waals surface area contributed by atoms with Crippen molar-refractivity contribution in [2.75, 3.05) is 30.8 Å². The lowest BCUT2D eigenvalue weighted by molar-refractivity contribution is 0.0539. The molecule has 1 amide bonds. The lowest BCUT2D eigenvalue weighted by Gasteiger charge is -2.39. The van der Waals surface area contributed by atoms with Gasteiger partial charge < -0.3 is 19.3 Å². The number of benzene rings is 1. The van der Waals surface area contributed by atoms with Crippen LogP contribution in [0.4, 0.5) is 10.7 Å². The average Bonchev–Trinajstić information content (AvgIpc) is 3.48. The summed E-state index contributed by atoms with van der Waals surface area (Å²) in [7, 11) is -3.21. The highest BCUT2D eigenvalue weighted by Crippen LogP contribution is 2.39. The van der Waals surface area contributed by atoms with Crippen molar-refractivity contribution < 1.29 is 22.7 Å². The summed E-state index contributed by atoms with van der Waals surface area (Å²) in [6.07, 6.45) is 6.04. The summed E-state index contributed by atoms with van der Waals surface area (Å²) in [4.78, 5) is 25.3. The largest absolute Gasteiger partial charge is 0.486 e. The summed E-state index contributed by atoms with van der Waals surface area (Å²) in [5, 5.41) is 0. The van der Waals surface area contributed by atoms with E-state index in [2.05, 4.69) is 14.9 Å². The third-order valence-electron chi connectivity index (χ3n) is 5.80. The van der Waals surface area contributed by atoms with Gasteiger partial charge in [-0.2, -0.15) is 0 Å². The molecule has 1 atom stereocenters. The molecule has 2 heterocycles. The van der Waals surface area contributed by atoms with Crippen LogP contribution in [0.5, 0.6) is 5.75 Å². The maximum absolute atomic E-state index is 12.4. The Hall–Kier alpha value is -2.88. The van der Waals surface area contributed by atoms with Crippen molar-refractivity contribution in [1.29, 1.82) is 0 Å². The Morgan fingerprint density at radius 2 is 1.81 bits per heavy atom. The smallest absolute Gasteiger partial charge is 0.410 e. The van der Waals surface area contributed by atoms with Gasteiger partial charge in [0, 0.05) is 31.9 Å². The molecule has 0 bridgehead atoms. The van der Waals surface area contributed by atoms with Crippen LogP contribution in [0.15, 0.2) is 41.6 Å². The molecule has 32 heavy (non-hydrogen) atoms. The van der Waals surface area contributed by atoms with E-state index < -0.39 is 9.84 Å². The number of hydrogen-bond donors (Lipinski definition) is 0. The molecule has 2 fully saturated rings. The predicted molar refractivity (Wildman–Crippen MR) is 118 cm³/mol. The first-order valence-corrected chi connectivity index (χ1v) is 12.5. The fourth-order valence-corrected chi connectivity index (χ4v) is 4.14. The summed E-state index contributed by atoms with van der Waals surface area (Å²) in [6.45, 7) is 6.02. The Kier molecular flexibility index (Phi) is 5.98. The van der Waals surface area contributed by atoms with Gasteiger partial charge >= 0.3 is 6.09 Å². The molecule has 1 saturated heterocycles. The molecule has 9 nitrogen and oxygen atoms in total. The van der Waals surface area contributed by atoms with Gasteiger partial charge in [0.15, 0.2) is 15.6 Å². The Bertz CT molecular complexity index is 1070. The van der Waals surface area contributed by atoms with Crippen LogP contribution in [0.25, 0.3) is 0 Å². The summed E-state index contributed by atoms with van der Waals surface area (Å²) in [6, 6.07) is 6.64. The van der Waals surface area contributed by atoms with E-state index in [9.17, 15) is 13.2 Å². The highest BCUT2D eigenvalue weighted by Gasteiger charge is 2.43. The summed E-state index contributed by atoms with van der Waals surface area (Å²) < 4.78 is 34.4. The van der Waals surface area contributed by atoms with Crippen molar-refractivity contribution in [2.24, 2.45) is 0 Å². The highest BCUT2D eigenvalue weighted by molar-refractivity contribution is 7.90. The number of nitrogens with zero attached hydrogens (tertiary/aromatic N) is 4. The number of sulfone groups is 1. The van der Waals surface area contributed by atoms with Gasteiger partial charge in [0.25, 0.3) is 0 Å². The Labute approximate surface area is 188 Å². The number of carbonyl (C=O) groups is 1. The number of rotatable bonds is 6. The molecule has 2 aliphatic rings. The second kappa shape index (κ2) is 8.57. The molecule has 1 aromatic carbocycles. The molecule has 0 N–H and O–H groups in total. The van der Waals surface area contributed by atoms with Crippen LogP contribution < -0.4 is 9.64 Å². The fraction of sp³-hybridized carbons (Fsp3) is 0.500. The first kappa shape index (κ1) is 22.3. The minimum absolute atomic E-state index is 0.0587. The monoisotopic (exact) mass is 460 g/mol. The Morgan fingerprint density at radius 1 is 1.16 bits per heavy atom. The second-order valence-corrected chi connectivity index (χ2v) is 10.7. The molecule has 10 heteroatoms. The van der Waals surface area contributed by atoms with E-state index in [1.165, 1.54) is 6.26 Å². The molecule has 0 radical (unpaired) electrons. The number of carbonyl (C=O) groups excluding carboxylic acids is 1. The van der Waals surface area contributed by atoms with Crippen molar-refractivity contribution in [1.82, 2.24) is 14.9 Å². The molecular weight excluding hydrogens is 432 g/mol. The van der Waals surface area contributed by atoms with E-state index in [-0.39, 0.29) is 29.2 Å². The number of anilines is 1. The zero-order valence-corrected chi connectivity index (χ0v) is 19.3. The lowest BCUT2D eigenvalue weighted by atomic mass is 10.2. The molecule has 1 aromatic heterocycles. The minimum atomic E-state index is -3.21. The van der Waals surface area contributed by atoms with Crippen molar-refractivity contribution in [3.63, 3.8) is 0 Å². The summed E-state index contributed by atoms with van der Waals surface area (Å²) >= 11 is 0. The van der Waals surface area contributed by atoms with E-state index >= 15 is 0 Å². The van der Waals surface area contributed by atoms with Gasteiger partial charge in [0.05, 0.1) is 17.3 Å². The molecule has 0 spiro atoms. The molecule has 4 rings (SSSR count). The van der Waals surface area contributed by atoms with Crippen molar-refractivity contribution in [3.8, 4) is 5.75 Å². The van der Waals surface area contributed by atoms with Gasteiger partial charge in [-0.15, -0.1) is 0 Å². The number of hydrogen-bond acceptors (Lipinski definition) is 8. The maximum atomic E-state index is 12.4. The maximum Gasteiger partial charge on any atom is 0.410 e. The van der Waals surface area contributed by atoms with Crippen LogP contribution in [0.3, 0.4) is 0 Å². The topological polar surface area (TPSA) is 102 Å². The molecule has 1 unspecified atom stereocenters. The van der Waals surface area contributed by atoms with E-state index in [4.69, 9.17) is 9.47 Å². The Balaban J connectivity index is 1.30. The normalized spacial score (nSPS) is 20.0. The van der Waals surface area contributed by atoms with Gasteiger partial charge in [-0.25, -0.2) is 23.2 Å². The number of aromatic nitrogens is 2. The quantitative estimate of drug-likeness (QED) is 0.648. The molecule has 2 aromatic rings. The van der Waals surface area contributed by atoms with E-state index in [1.54, 1.807) is 41.6 Å². The van der Waals surface area contributed by atoms with Crippen LogP contribution in [-0.4, -0.2) is 66.9 Å². The molecule has 1 aliphatic heterocycles. The summed E-state index contributed by atoms with van der Waals surface area (Å²) in [5.74, 6) is 1.11. The fourth-order valence-electron chi connectivity index (χ4n) is 3.51. The number of ether oxygens (including phenoxy) is 2. The van der Waals surface area contributed by atoms with Gasteiger partial charge in [0.1, 0.15) is 12.2 Å². The van der Waals surface area contributed by atoms with Gasteiger partial charge in [-0.3, -0.25) is 0 Å². The Morgan fingerprint density at radius 3 is 2.38 bits per heavy atom. The summed E-state index contributed by atoms with van der Waals surface area (Å²) in [5.41, 5.74) is 0.574.